The van der Waals surface area contributed by atoms with E-state index in [9.17, 15) is 25.4 Å². The lowest BCUT2D eigenvalue weighted by Gasteiger charge is -2.65. The average Bonchev–Trinajstić information content (AvgIpc) is 2.94. The average molecular weight is 544 g/mol. The molecule has 2 aliphatic heterocycles. The number of hydrogen-bond acceptors (Lipinski definition) is 11. The van der Waals surface area contributed by atoms with E-state index in [1.54, 1.807) is 30.9 Å². The Kier molecular flexibility index (Phi) is 6.92. The molecular formula is C28H33NO10. The van der Waals surface area contributed by atoms with Crippen LogP contribution >= 0.6 is 0 Å². The quantitative estimate of drug-likeness (QED) is 0.274. The summed E-state index contributed by atoms with van der Waals surface area (Å²) in [6.45, 7) is 0.0562. The van der Waals surface area contributed by atoms with E-state index < -0.39 is 42.3 Å². The fourth-order valence-corrected chi connectivity index (χ4v) is 7.46. The van der Waals surface area contributed by atoms with Crippen LogP contribution in [-0.4, -0.2) is 65.4 Å². The summed E-state index contributed by atoms with van der Waals surface area (Å²) in [5, 5.41) is 40.6. The lowest BCUT2D eigenvalue weighted by atomic mass is 9.53. The molecule has 0 amide bonds. The van der Waals surface area contributed by atoms with E-state index in [0.29, 0.717) is 5.56 Å². The molecule has 5 aliphatic rings. The van der Waals surface area contributed by atoms with Crippen molar-refractivity contribution >= 4 is 6.47 Å². The Bertz CT molecular complexity index is 1190. The Labute approximate surface area is 225 Å². The van der Waals surface area contributed by atoms with Crippen molar-refractivity contribution in [1.82, 2.24) is 0 Å². The number of rotatable bonds is 6. The largest absolute Gasteiger partial charge is 0.460 e. The second-order valence-corrected chi connectivity index (χ2v) is 11.0. The third-order valence-corrected chi connectivity index (χ3v) is 9.25. The zero-order chi connectivity index (χ0) is 27.4. The summed E-state index contributed by atoms with van der Waals surface area (Å²) in [4.78, 5) is 22.8. The summed E-state index contributed by atoms with van der Waals surface area (Å²) in [6, 6.07) is 6.95. The number of aliphatic hydroxyl groups excluding tert-OH is 3. The monoisotopic (exact) mass is 543 g/mol. The minimum atomic E-state index is -1.72. The number of carbonyl (C=O) groups excluding carboxylic acids is 1. The summed E-state index contributed by atoms with van der Waals surface area (Å²) < 4.78 is 22.1. The maximum absolute atomic E-state index is 10.8. The lowest BCUT2D eigenvalue weighted by Crippen LogP contribution is -2.74. The van der Waals surface area contributed by atoms with Crippen molar-refractivity contribution in [1.29, 1.82) is 5.26 Å². The molecule has 3 N–H and O–H groups in total. The van der Waals surface area contributed by atoms with Crippen LogP contribution in [-0.2, 0) is 34.6 Å². The Hall–Kier alpha value is -2.56. The van der Waals surface area contributed by atoms with Crippen molar-refractivity contribution < 1.29 is 48.8 Å². The first-order valence-electron chi connectivity index (χ1n) is 13.5. The number of aliphatic hydroxyl groups is 3. The Balaban J connectivity index is 1.36. The van der Waals surface area contributed by atoms with Gasteiger partial charge < -0.3 is 29.5 Å². The molecule has 2 saturated heterocycles. The molecule has 2 heterocycles. The highest BCUT2D eigenvalue weighted by Crippen LogP contribution is 2.66. The summed E-state index contributed by atoms with van der Waals surface area (Å²) in [7, 11) is 1.58. The van der Waals surface area contributed by atoms with Crippen LogP contribution in [0.2, 0.25) is 0 Å². The van der Waals surface area contributed by atoms with Gasteiger partial charge in [0.2, 0.25) is 12.6 Å². The molecular weight excluding hydrogens is 510 g/mol. The number of nitriles is 1. The van der Waals surface area contributed by atoms with Gasteiger partial charge in [0.25, 0.3) is 12.3 Å². The third-order valence-electron chi connectivity index (χ3n) is 9.25. The molecule has 1 aromatic rings. The van der Waals surface area contributed by atoms with Crippen LogP contribution in [0.15, 0.2) is 29.3 Å². The normalized spacial score (nSPS) is 41.3. The van der Waals surface area contributed by atoms with Crippen molar-refractivity contribution in [2.45, 2.75) is 93.6 Å². The van der Waals surface area contributed by atoms with Gasteiger partial charge in [-0.1, -0.05) is 23.6 Å². The highest BCUT2D eigenvalue weighted by Gasteiger charge is 2.75. The van der Waals surface area contributed by atoms with E-state index in [1.165, 1.54) is 12.0 Å². The molecule has 0 aromatic heterocycles. The Morgan fingerprint density at radius 3 is 2.56 bits per heavy atom. The van der Waals surface area contributed by atoms with Gasteiger partial charge in [0.1, 0.15) is 30.1 Å². The molecule has 11 heteroatoms. The zero-order valence-electron chi connectivity index (χ0n) is 21.7. The number of methoxy groups -OCH3 is 1. The molecule has 11 nitrogen and oxygen atoms in total. The van der Waals surface area contributed by atoms with Gasteiger partial charge in [-0.25, -0.2) is 4.89 Å². The maximum atomic E-state index is 10.8. The number of fused-ring (bicyclic) bond motifs is 1. The molecule has 3 aliphatic carbocycles. The lowest BCUT2D eigenvalue weighted by molar-refractivity contribution is -0.639. The van der Waals surface area contributed by atoms with Crippen LogP contribution in [0, 0.1) is 23.2 Å². The number of carbonyl (C=O) groups is 1. The summed E-state index contributed by atoms with van der Waals surface area (Å²) in [5.74, 6) is -0.873. The predicted octanol–water partition coefficient (Wildman–Crippen LogP) is 2.07. The molecule has 6 rings (SSSR count). The fourth-order valence-electron chi connectivity index (χ4n) is 7.46. The standard InChI is InChI=1S/C28H33NO10/c1-34-28(27(38-39-28)17-6-4-8-20(27)19-7-3-2-5-15(19)11-17)18-10-9-16(13-29)21(12-18)36-26-24(33)22(31)23(32)25(37-26)35-14-30/h9-10,12,14,17,20,22-26,31-33H,2-8,11H2,1H3/t17?,20?,22?,23-,24-,25?,26+,27?,28?/m0/s1. The van der Waals surface area contributed by atoms with E-state index in [-0.39, 0.29) is 29.6 Å². The van der Waals surface area contributed by atoms with Crippen LogP contribution in [0.25, 0.3) is 0 Å². The van der Waals surface area contributed by atoms with Crippen molar-refractivity contribution in [3.63, 3.8) is 0 Å². The van der Waals surface area contributed by atoms with Gasteiger partial charge in [0.05, 0.1) is 5.56 Å². The predicted molar refractivity (Wildman–Crippen MR) is 130 cm³/mol. The maximum Gasteiger partial charge on any atom is 0.295 e. The van der Waals surface area contributed by atoms with Crippen LogP contribution < -0.4 is 4.74 Å². The minimum Gasteiger partial charge on any atom is -0.460 e. The number of allylic oxidation sites excluding steroid dienone is 1. The van der Waals surface area contributed by atoms with E-state index in [1.807, 2.05) is 0 Å². The first kappa shape index (κ1) is 26.7. The molecule has 6 unspecified atom stereocenters. The summed E-state index contributed by atoms with van der Waals surface area (Å²) >= 11 is 0. The van der Waals surface area contributed by atoms with Crippen LogP contribution in [0.3, 0.4) is 0 Å². The minimum absolute atomic E-state index is 0.0353. The molecule has 3 fully saturated rings. The molecule has 0 radical (unpaired) electrons. The van der Waals surface area contributed by atoms with Crippen molar-refractivity contribution in [3.8, 4) is 11.8 Å². The van der Waals surface area contributed by atoms with E-state index in [0.717, 1.165) is 44.9 Å². The zero-order valence-corrected chi connectivity index (χ0v) is 21.7. The van der Waals surface area contributed by atoms with Crippen molar-refractivity contribution in [2.24, 2.45) is 11.8 Å². The van der Waals surface area contributed by atoms with Gasteiger partial charge >= 0.3 is 0 Å². The van der Waals surface area contributed by atoms with Gasteiger partial charge in [-0.3, -0.25) is 9.53 Å². The van der Waals surface area contributed by atoms with E-state index >= 15 is 0 Å². The number of nitrogens with zero attached hydrogens (tertiary/aromatic N) is 1. The van der Waals surface area contributed by atoms with E-state index in [4.69, 9.17) is 28.7 Å². The van der Waals surface area contributed by atoms with Gasteiger partial charge in [-0.2, -0.15) is 10.1 Å². The first-order valence-corrected chi connectivity index (χ1v) is 13.5. The Morgan fingerprint density at radius 2 is 1.85 bits per heavy atom. The molecule has 1 saturated carbocycles. The molecule has 9 atom stereocenters. The van der Waals surface area contributed by atoms with Crippen LogP contribution in [0.5, 0.6) is 5.75 Å². The fraction of sp³-hybridized carbons (Fsp3) is 0.643. The molecule has 1 aromatic carbocycles. The van der Waals surface area contributed by atoms with Crippen molar-refractivity contribution in [3.05, 3.63) is 40.5 Å². The Morgan fingerprint density at radius 1 is 1.05 bits per heavy atom. The number of benzene rings is 1. The van der Waals surface area contributed by atoms with Gasteiger partial charge in [0, 0.05) is 24.5 Å². The second-order valence-electron chi connectivity index (χ2n) is 11.0. The van der Waals surface area contributed by atoms with Crippen LogP contribution in [0.4, 0.5) is 0 Å². The van der Waals surface area contributed by atoms with Crippen LogP contribution in [0.1, 0.15) is 62.5 Å². The smallest absolute Gasteiger partial charge is 0.295 e. The molecule has 1 spiro atoms. The third kappa shape index (κ3) is 3.85. The summed E-state index contributed by atoms with van der Waals surface area (Å²) in [6.07, 6.45) is 0.344. The molecule has 39 heavy (non-hydrogen) atoms. The number of hydrogen-bond donors (Lipinski definition) is 3. The van der Waals surface area contributed by atoms with E-state index in [2.05, 4.69) is 6.07 Å². The highest BCUT2D eigenvalue weighted by molar-refractivity contribution is 5.48. The van der Waals surface area contributed by atoms with Gasteiger partial charge in [0.15, 0.2) is 5.60 Å². The second kappa shape index (κ2) is 10.1. The van der Waals surface area contributed by atoms with Crippen molar-refractivity contribution in [2.75, 3.05) is 7.11 Å². The van der Waals surface area contributed by atoms with Gasteiger partial charge in [-0.15, -0.1) is 0 Å². The van der Waals surface area contributed by atoms with Gasteiger partial charge in [-0.05, 0) is 57.1 Å². The molecule has 2 bridgehead atoms. The topological polar surface area (TPSA) is 157 Å². The first-order chi connectivity index (χ1) is 18.9. The SMILES string of the molecule is COC1(c2ccc(C#N)c(O[C@@H]3OC(OC=O)[C@@H](O)C(O)[C@@H]3O)c2)OOC12C1CCCC2C2=C(CCCC2)C1. The molecule has 210 valence electrons. The number of ether oxygens (including phenoxy) is 4. The summed E-state index contributed by atoms with van der Waals surface area (Å²) in [5.41, 5.74) is 3.01. The highest BCUT2D eigenvalue weighted by atomic mass is 17.3.